The summed E-state index contributed by atoms with van der Waals surface area (Å²) >= 11 is 0. The topological polar surface area (TPSA) is 72.8 Å². The third-order valence-corrected chi connectivity index (χ3v) is 8.11. The highest BCUT2D eigenvalue weighted by atomic mass is 19.1. The van der Waals surface area contributed by atoms with Crippen LogP contribution in [0.1, 0.15) is 69.1 Å². The van der Waals surface area contributed by atoms with Gasteiger partial charge < -0.3 is 19.3 Å². The number of piperidine rings is 1. The number of rotatable bonds is 8. The number of ether oxygens (including phenoxy) is 1. The summed E-state index contributed by atoms with van der Waals surface area (Å²) in [5.74, 6) is 1.67. The predicted molar refractivity (Wildman–Crippen MR) is 134 cm³/mol. The minimum Gasteiger partial charge on any atom is -0.484 e. The predicted octanol–water partition coefficient (Wildman–Crippen LogP) is 4.29. The molecule has 2 fully saturated rings. The largest absolute Gasteiger partial charge is 0.484 e. The van der Waals surface area contributed by atoms with Crippen molar-refractivity contribution in [3.05, 3.63) is 77.7 Å². The maximum Gasteiger partial charge on any atom is 0.281 e. The molecule has 1 aliphatic heterocycles. The van der Waals surface area contributed by atoms with Gasteiger partial charge in [0.25, 0.3) is 5.89 Å². The van der Waals surface area contributed by atoms with E-state index in [1.54, 1.807) is 6.07 Å². The van der Waals surface area contributed by atoms with Crippen molar-refractivity contribution < 1.29 is 23.7 Å². The van der Waals surface area contributed by atoms with E-state index in [2.05, 4.69) is 12.1 Å². The van der Waals surface area contributed by atoms with Crippen molar-refractivity contribution in [3.63, 3.8) is 0 Å². The molecule has 2 N–H and O–H groups in total. The van der Waals surface area contributed by atoms with Crippen molar-refractivity contribution in [1.82, 2.24) is 10.1 Å². The van der Waals surface area contributed by atoms with Crippen LogP contribution in [0.2, 0.25) is 0 Å². The number of nitrogens with one attached hydrogen (secondary N) is 1. The molecule has 2 aliphatic rings. The van der Waals surface area contributed by atoms with E-state index in [9.17, 15) is 9.50 Å². The fourth-order valence-corrected chi connectivity index (χ4v) is 6.06. The Morgan fingerprint density at radius 1 is 1.08 bits per heavy atom. The molecule has 36 heavy (non-hydrogen) atoms. The van der Waals surface area contributed by atoms with Gasteiger partial charge in [-0.05, 0) is 42.9 Å². The van der Waals surface area contributed by atoms with Crippen molar-refractivity contribution in [2.75, 3.05) is 13.1 Å². The monoisotopic (exact) mass is 494 g/mol. The molecule has 4 unspecified atom stereocenters. The van der Waals surface area contributed by atoms with E-state index in [1.165, 1.54) is 23.5 Å². The van der Waals surface area contributed by atoms with Crippen LogP contribution in [0.4, 0.5) is 4.39 Å². The van der Waals surface area contributed by atoms with Gasteiger partial charge in [-0.25, -0.2) is 4.39 Å². The summed E-state index contributed by atoms with van der Waals surface area (Å²) in [5, 5.41) is 16.4. The summed E-state index contributed by atoms with van der Waals surface area (Å²) in [6.07, 6.45) is 7.34. The average Bonchev–Trinajstić information content (AvgIpc) is 3.38. The van der Waals surface area contributed by atoms with Gasteiger partial charge in [0.15, 0.2) is 18.2 Å². The van der Waals surface area contributed by atoms with Crippen molar-refractivity contribution in [2.45, 2.75) is 70.1 Å². The number of aliphatic hydroxyl groups is 1. The summed E-state index contributed by atoms with van der Waals surface area (Å²) in [6.45, 7) is 4.50. The molecule has 2 aromatic carbocycles. The summed E-state index contributed by atoms with van der Waals surface area (Å²) < 4.78 is 25.6. The fraction of sp³-hybridized carbons (Fsp3) is 0.517. The van der Waals surface area contributed by atoms with E-state index in [4.69, 9.17) is 14.2 Å². The third kappa shape index (κ3) is 5.32. The molecule has 1 saturated heterocycles. The lowest BCUT2D eigenvalue weighted by molar-refractivity contribution is -0.924. The first-order chi connectivity index (χ1) is 17.6. The molecule has 0 spiro atoms. The average molecular weight is 495 g/mol. The Morgan fingerprint density at radius 3 is 2.64 bits per heavy atom. The van der Waals surface area contributed by atoms with E-state index >= 15 is 0 Å². The number of hydrogen-bond acceptors (Lipinski definition) is 5. The van der Waals surface area contributed by atoms with Gasteiger partial charge in [-0.3, -0.25) is 0 Å². The van der Waals surface area contributed by atoms with Gasteiger partial charge in [-0.15, -0.1) is 0 Å². The fourth-order valence-electron chi connectivity index (χ4n) is 6.06. The SMILES string of the molecule is CCC1CC[NH+](Cc2nc(C(O)(c3ccccc3)C3CCCCC3)no2)CC1Oc1cccc(F)c1. The Morgan fingerprint density at radius 2 is 1.89 bits per heavy atom. The van der Waals surface area contributed by atoms with Gasteiger partial charge in [0.05, 0.1) is 6.54 Å². The first-order valence-electron chi connectivity index (χ1n) is 13.4. The Hall–Kier alpha value is -2.77. The summed E-state index contributed by atoms with van der Waals surface area (Å²) in [5.41, 5.74) is -0.430. The van der Waals surface area contributed by atoms with Crippen LogP contribution in [0.25, 0.3) is 0 Å². The third-order valence-electron chi connectivity index (χ3n) is 8.11. The van der Waals surface area contributed by atoms with E-state index in [1.807, 2.05) is 36.4 Å². The lowest BCUT2D eigenvalue weighted by Crippen LogP contribution is -3.13. The molecule has 7 heteroatoms. The van der Waals surface area contributed by atoms with Gasteiger partial charge in [-0.1, -0.05) is 67.7 Å². The molecule has 1 saturated carbocycles. The normalized spacial score (nSPS) is 24.8. The van der Waals surface area contributed by atoms with Gasteiger partial charge in [0.1, 0.15) is 18.1 Å². The molecule has 0 amide bonds. The Labute approximate surface area is 212 Å². The van der Waals surface area contributed by atoms with Crippen molar-refractivity contribution in [1.29, 1.82) is 0 Å². The van der Waals surface area contributed by atoms with Crippen LogP contribution in [0.5, 0.6) is 5.75 Å². The highest BCUT2D eigenvalue weighted by Gasteiger charge is 2.45. The number of aromatic nitrogens is 2. The molecule has 5 rings (SSSR count). The molecule has 6 nitrogen and oxygen atoms in total. The molecule has 192 valence electrons. The quantitative estimate of drug-likeness (QED) is 0.489. The van der Waals surface area contributed by atoms with Crippen LogP contribution in [-0.2, 0) is 12.1 Å². The second-order valence-corrected chi connectivity index (χ2v) is 10.4. The van der Waals surface area contributed by atoms with Gasteiger partial charge in [0, 0.05) is 18.4 Å². The Bertz CT molecular complexity index is 1120. The zero-order valence-electron chi connectivity index (χ0n) is 21.0. The standard InChI is InChI=1S/C29H36FN3O3/c1-2-21-16-17-33(19-26(21)35-25-15-9-14-24(30)18-25)20-27-31-28(32-36-27)29(34,22-10-5-3-6-11-22)23-12-7-4-8-13-23/h3,5-6,9-11,14-15,18,21,23,26,34H,2,4,7-8,12-13,16-17,19-20H2,1H3/p+1. The molecular formula is C29H37FN3O3+. The number of benzene rings is 2. The highest BCUT2D eigenvalue weighted by Crippen LogP contribution is 2.42. The van der Waals surface area contributed by atoms with Crippen molar-refractivity contribution in [3.8, 4) is 5.75 Å². The van der Waals surface area contributed by atoms with E-state index in [0.717, 1.165) is 57.2 Å². The van der Waals surface area contributed by atoms with Crippen LogP contribution < -0.4 is 9.64 Å². The molecular weight excluding hydrogens is 457 g/mol. The van der Waals surface area contributed by atoms with Gasteiger partial charge in [0.2, 0.25) is 5.82 Å². The first-order valence-corrected chi connectivity index (χ1v) is 13.4. The number of hydrogen-bond donors (Lipinski definition) is 2. The molecule has 1 aromatic heterocycles. The minimum atomic E-state index is -1.25. The minimum absolute atomic E-state index is 0.00793. The summed E-state index contributed by atoms with van der Waals surface area (Å²) in [6, 6.07) is 16.1. The first kappa shape index (κ1) is 24.9. The van der Waals surface area contributed by atoms with Crippen molar-refractivity contribution in [2.24, 2.45) is 11.8 Å². The Kier molecular flexibility index (Phi) is 7.67. The van der Waals surface area contributed by atoms with Crippen molar-refractivity contribution >= 4 is 0 Å². The maximum atomic E-state index is 13.7. The van der Waals surface area contributed by atoms with Crippen LogP contribution in [-0.4, -0.2) is 34.4 Å². The molecule has 0 radical (unpaired) electrons. The van der Waals surface area contributed by atoms with Crippen LogP contribution in [0.15, 0.2) is 59.1 Å². The number of quaternary nitrogens is 1. The van der Waals surface area contributed by atoms with E-state index in [0.29, 0.717) is 29.9 Å². The maximum absolute atomic E-state index is 13.7. The molecule has 0 bridgehead atoms. The molecule has 3 aromatic rings. The van der Waals surface area contributed by atoms with E-state index < -0.39 is 5.60 Å². The summed E-state index contributed by atoms with van der Waals surface area (Å²) in [4.78, 5) is 6.04. The number of likely N-dealkylation sites (tertiary alicyclic amines) is 1. The smallest absolute Gasteiger partial charge is 0.281 e. The van der Waals surface area contributed by atoms with Crippen LogP contribution >= 0.6 is 0 Å². The zero-order chi connectivity index (χ0) is 25.0. The van der Waals surface area contributed by atoms with Gasteiger partial charge >= 0.3 is 0 Å². The van der Waals surface area contributed by atoms with Crippen LogP contribution in [0.3, 0.4) is 0 Å². The lowest BCUT2D eigenvalue weighted by atomic mass is 9.73. The van der Waals surface area contributed by atoms with Gasteiger partial charge in [-0.2, -0.15) is 4.98 Å². The number of halogens is 1. The highest BCUT2D eigenvalue weighted by molar-refractivity contribution is 5.30. The lowest BCUT2D eigenvalue weighted by Gasteiger charge is -2.36. The molecule has 2 heterocycles. The molecule has 4 atom stereocenters. The summed E-state index contributed by atoms with van der Waals surface area (Å²) in [7, 11) is 0. The molecule has 1 aliphatic carbocycles. The second-order valence-electron chi connectivity index (χ2n) is 10.4. The Balaban J connectivity index is 1.32. The van der Waals surface area contributed by atoms with Crippen LogP contribution in [0, 0.1) is 17.7 Å². The second kappa shape index (κ2) is 11.1. The number of nitrogens with zero attached hydrogens (tertiary/aromatic N) is 2. The van der Waals surface area contributed by atoms with E-state index in [-0.39, 0.29) is 17.8 Å². The zero-order valence-corrected chi connectivity index (χ0v) is 21.0.